The van der Waals surface area contributed by atoms with E-state index in [0.717, 1.165) is 0 Å². The van der Waals surface area contributed by atoms with Crippen molar-refractivity contribution in [3.8, 4) is 0 Å². The third kappa shape index (κ3) is 7.64. The fraction of sp³-hybridized carbons (Fsp3) is 0.217. The number of benzene rings is 2. The molecule has 0 amide bonds. The van der Waals surface area contributed by atoms with Gasteiger partial charge in [-0.1, -0.05) is 36.4 Å². The van der Waals surface area contributed by atoms with E-state index >= 15 is 0 Å². The minimum atomic E-state index is -1.43. The second kappa shape index (κ2) is 12.6. The van der Waals surface area contributed by atoms with Crippen molar-refractivity contribution in [2.45, 2.75) is 25.0 Å². The number of carboxylic acids is 1. The number of aryl methyl sites for hydroxylation is 1. The van der Waals surface area contributed by atoms with Crippen LogP contribution in [-0.4, -0.2) is 48.6 Å². The summed E-state index contributed by atoms with van der Waals surface area (Å²) in [4.78, 5) is 11.9. The fourth-order valence-electron chi connectivity index (χ4n) is 3.21. The van der Waals surface area contributed by atoms with Crippen molar-refractivity contribution in [2.75, 3.05) is 0 Å². The molecule has 11 heteroatoms. The quantitative estimate of drug-likeness (QED) is 0.276. The zero-order chi connectivity index (χ0) is 24.0. The molecule has 8 nitrogen and oxygen atoms in total. The van der Waals surface area contributed by atoms with E-state index in [2.05, 4.69) is 15.4 Å². The number of hydrogen-bond donors (Lipinski definition) is 2. The van der Waals surface area contributed by atoms with E-state index in [4.69, 9.17) is 0 Å². The minimum Gasteiger partial charge on any atom is -0.550 e. The van der Waals surface area contributed by atoms with Gasteiger partial charge in [-0.25, -0.2) is 8.78 Å². The third-order valence-electron chi connectivity index (χ3n) is 4.69. The van der Waals surface area contributed by atoms with E-state index in [0.29, 0.717) is 22.3 Å². The number of tetrazole rings is 1. The summed E-state index contributed by atoms with van der Waals surface area (Å²) in [7, 11) is 1.57. The van der Waals surface area contributed by atoms with Crippen LogP contribution in [0.4, 0.5) is 8.78 Å². The molecule has 3 rings (SSSR count). The van der Waals surface area contributed by atoms with Crippen LogP contribution in [0.15, 0.2) is 60.7 Å². The molecule has 2 aromatic carbocycles. The standard InChI is InChI=1S/C23H22F2N4O4.Na/c1-29-27-23(26-28-29)20(11-10-18(30)12-19(31)13-21(32)33)22(14-2-6-16(24)7-3-14)15-4-8-17(25)9-5-15;/h2-11,18-19,30-31H,12-13H2,1H3,(H,32,33);/q;+1/p-1. The number of aliphatic hydroxyl groups excluding tert-OH is 2. The number of carboxylic acid groups (broad SMARTS) is 1. The molecule has 2 N–H and O–H groups in total. The predicted octanol–water partition coefficient (Wildman–Crippen LogP) is -1.74. The number of aliphatic carboxylic acids is 1. The molecule has 3 aromatic rings. The summed E-state index contributed by atoms with van der Waals surface area (Å²) in [5.41, 5.74) is 2.04. The van der Waals surface area contributed by atoms with E-state index in [1.165, 1.54) is 65.5 Å². The van der Waals surface area contributed by atoms with Crippen molar-refractivity contribution in [2.24, 2.45) is 7.05 Å². The number of rotatable bonds is 9. The molecule has 172 valence electrons. The Morgan fingerprint density at radius 2 is 1.59 bits per heavy atom. The Hall–Kier alpha value is -2.76. The maximum Gasteiger partial charge on any atom is 1.00 e. The van der Waals surface area contributed by atoms with Gasteiger partial charge >= 0.3 is 29.6 Å². The fourth-order valence-corrected chi connectivity index (χ4v) is 3.21. The molecule has 34 heavy (non-hydrogen) atoms. The molecule has 0 bridgehead atoms. The summed E-state index contributed by atoms with van der Waals surface area (Å²) in [6.45, 7) is 0. The number of carbonyl (C=O) groups excluding carboxylic acids is 1. The van der Waals surface area contributed by atoms with Gasteiger partial charge in [-0.15, -0.1) is 10.2 Å². The Morgan fingerprint density at radius 1 is 1.06 bits per heavy atom. The first-order valence-corrected chi connectivity index (χ1v) is 9.97. The van der Waals surface area contributed by atoms with Crippen molar-refractivity contribution in [3.63, 3.8) is 0 Å². The van der Waals surface area contributed by atoms with Gasteiger partial charge < -0.3 is 20.1 Å². The van der Waals surface area contributed by atoms with E-state index in [1.54, 1.807) is 7.05 Å². The van der Waals surface area contributed by atoms with Crippen LogP contribution in [0.5, 0.6) is 0 Å². The zero-order valence-electron chi connectivity index (χ0n) is 18.6. The smallest absolute Gasteiger partial charge is 0.550 e. The van der Waals surface area contributed by atoms with Crippen LogP contribution in [0.25, 0.3) is 11.1 Å². The van der Waals surface area contributed by atoms with Crippen molar-refractivity contribution in [1.29, 1.82) is 0 Å². The van der Waals surface area contributed by atoms with Crippen LogP contribution in [0.3, 0.4) is 0 Å². The Bertz CT molecular complexity index is 1120. The molecular weight excluding hydrogens is 457 g/mol. The van der Waals surface area contributed by atoms with Crippen molar-refractivity contribution in [3.05, 3.63) is 89.3 Å². The van der Waals surface area contributed by atoms with E-state index in [-0.39, 0.29) is 41.8 Å². The first-order chi connectivity index (χ1) is 15.7. The van der Waals surface area contributed by atoms with E-state index < -0.39 is 36.2 Å². The monoisotopic (exact) mass is 478 g/mol. The van der Waals surface area contributed by atoms with Gasteiger partial charge in [0.1, 0.15) is 11.6 Å². The van der Waals surface area contributed by atoms with Crippen molar-refractivity contribution in [1.82, 2.24) is 20.2 Å². The third-order valence-corrected chi connectivity index (χ3v) is 4.69. The summed E-state index contributed by atoms with van der Waals surface area (Å²) in [6, 6.07) is 11.3. The Balaban J connectivity index is 0.00000408. The largest absolute Gasteiger partial charge is 1.00 e. The van der Waals surface area contributed by atoms with Gasteiger partial charge in [0, 0.05) is 30.0 Å². The van der Waals surface area contributed by atoms with Gasteiger partial charge in [0.15, 0.2) is 0 Å². The second-order valence-electron chi connectivity index (χ2n) is 7.30. The number of nitrogens with zero attached hydrogens (tertiary/aromatic N) is 4. The van der Waals surface area contributed by atoms with Gasteiger partial charge in [-0.05, 0) is 40.6 Å². The maximum atomic E-state index is 13.6. The normalized spacial score (nSPS) is 12.7. The van der Waals surface area contributed by atoms with Crippen LogP contribution in [0.2, 0.25) is 0 Å². The Kier molecular flexibility index (Phi) is 10.2. The number of halogens is 2. The number of hydrogen-bond acceptors (Lipinski definition) is 7. The molecule has 0 radical (unpaired) electrons. The van der Waals surface area contributed by atoms with Gasteiger partial charge in [0.2, 0.25) is 5.82 Å². The van der Waals surface area contributed by atoms with Gasteiger partial charge in [-0.3, -0.25) is 0 Å². The van der Waals surface area contributed by atoms with E-state index in [1.807, 2.05) is 0 Å². The summed E-state index contributed by atoms with van der Waals surface area (Å²) in [5, 5.41) is 42.8. The molecule has 0 spiro atoms. The summed E-state index contributed by atoms with van der Waals surface area (Å²) in [6.07, 6.45) is -0.518. The SMILES string of the molecule is Cn1nnc(C(C=CC(O)CC(O)CC(=O)[O-])=C(c2ccc(F)cc2)c2ccc(F)cc2)n1.[Na+]. The number of allylic oxidation sites excluding steroid dienone is 2. The molecule has 2 atom stereocenters. The first kappa shape index (κ1) is 27.5. The van der Waals surface area contributed by atoms with Gasteiger partial charge in [0.25, 0.3) is 0 Å². The first-order valence-electron chi connectivity index (χ1n) is 9.97. The Labute approximate surface area is 216 Å². The molecule has 0 aliphatic carbocycles. The molecule has 0 saturated heterocycles. The zero-order valence-corrected chi connectivity index (χ0v) is 20.6. The van der Waals surface area contributed by atoms with Crippen LogP contribution in [0, 0.1) is 11.6 Å². The van der Waals surface area contributed by atoms with E-state index in [9.17, 15) is 28.9 Å². The Morgan fingerprint density at radius 3 is 2.03 bits per heavy atom. The molecule has 1 aromatic heterocycles. The van der Waals surface area contributed by atoms with Gasteiger partial charge in [0.05, 0.1) is 19.3 Å². The topological polar surface area (TPSA) is 124 Å². The van der Waals surface area contributed by atoms with Crippen LogP contribution in [0.1, 0.15) is 29.8 Å². The van der Waals surface area contributed by atoms with Crippen LogP contribution >= 0.6 is 0 Å². The molecular formula is C23H21F2N4NaO4. The van der Waals surface area contributed by atoms with Crippen LogP contribution in [-0.2, 0) is 11.8 Å². The number of carbonyl (C=O) groups is 1. The van der Waals surface area contributed by atoms with Crippen molar-refractivity contribution >= 4 is 17.1 Å². The summed E-state index contributed by atoms with van der Waals surface area (Å²) >= 11 is 0. The second-order valence-corrected chi connectivity index (χ2v) is 7.30. The predicted molar refractivity (Wildman–Crippen MR) is 113 cm³/mol. The number of aromatic nitrogens is 4. The summed E-state index contributed by atoms with van der Waals surface area (Å²) < 4.78 is 27.2. The number of aliphatic hydroxyl groups is 2. The molecule has 0 saturated carbocycles. The summed E-state index contributed by atoms with van der Waals surface area (Å²) in [5.74, 6) is -2.13. The molecule has 0 aliphatic heterocycles. The average molecular weight is 478 g/mol. The van der Waals surface area contributed by atoms with Crippen molar-refractivity contribution < 1.29 is 58.5 Å². The molecule has 2 unspecified atom stereocenters. The van der Waals surface area contributed by atoms with Crippen LogP contribution < -0.4 is 34.7 Å². The molecule has 1 heterocycles. The van der Waals surface area contributed by atoms with Gasteiger partial charge in [-0.2, -0.15) is 4.80 Å². The molecule has 0 fully saturated rings. The molecule has 0 aliphatic rings. The average Bonchev–Trinajstić information content (AvgIpc) is 3.18. The maximum absolute atomic E-state index is 13.6. The minimum absolute atomic E-state index is 0.